The molecular formula is C21H30N2O5. The second-order valence-corrected chi connectivity index (χ2v) is 9.39. The molecule has 2 amide bonds. The molecule has 0 aliphatic carbocycles. The predicted molar refractivity (Wildman–Crippen MR) is 106 cm³/mol. The van der Waals surface area contributed by atoms with E-state index in [9.17, 15) is 24.6 Å². The van der Waals surface area contributed by atoms with Crippen LogP contribution < -0.4 is 0 Å². The molecule has 0 bridgehead atoms. The van der Waals surface area contributed by atoms with Crippen LogP contribution in [0.4, 0.5) is 9.59 Å². The number of hydrogen-bond acceptors (Lipinski definition) is 3. The smallest absolute Gasteiger partial charge is 0.408 e. The number of hydrogen-bond donors (Lipinski definition) is 2. The van der Waals surface area contributed by atoms with Gasteiger partial charge >= 0.3 is 12.2 Å². The van der Waals surface area contributed by atoms with E-state index in [0.717, 1.165) is 4.90 Å². The van der Waals surface area contributed by atoms with Gasteiger partial charge in [0.1, 0.15) is 5.54 Å². The summed E-state index contributed by atoms with van der Waals surface area (Å²) in [4.78, 5) is 40.8. The van der Waals surface area contributed by atoms with Crippen LogP contribution in [0.25, 0.3) is 0 Å². The minimum atomic E-state index is -1.59. The van der Waals surface area contributed by atoms with Crippen LogP contribution in [0.1, 0.15) is 51.9 Å². The number of nitrogens with zero attached hydrogens (tertiary/aromatic N) is 2. The van der Waals surface area contributed by atoms with Gasteiger partial charge in [0.25, 0.3) is 0 Å². The van der Waals surface area contributed by atoms with Crippen molar-refractivity contribution in [2.75, 3.05) is 13.1 Å². The molecule has 28 heavy (non-hydrogen) atoms. The molecule has 0 aromatic heterocycles. The number of amides is 2. The summed E-state index contributed by atoms with van der Waals surface area (Å²) in [6.45, 7) is 10.9. The lowest BCUT2D eigenvalue weighted by Crippen LogP contribution is -2.80. The summed E-state index contributed by atoms with van der Waals surface area (Å²) >= 11 is 0. The molecule has 2 rings (SSSR count). The topological polar surface area (TPSA) is 98.2 Å². The van der Waals surface area contributed by atoms with Gasteiger partial charge in [-0.15, -0.1) is 0 Å². The fourth-order valence-corrected chi connectivity index (χ4v) is 4.65. The van der Waals surface area contributed by atoms with Crippen LogP contribution in [0.15, 0.2) is 30.3 Å². The Balaban J connectivity index is 2.92. The van der Waals surface area contributed by atoms with Gasteiger partial charge in [0.2, 0.25) is 0 Å². The monoisotopic (exact) mass is 390 g/mol. The van der Waals surface area contributed by atoms with Gasteiger partial charge in [-0.2, -0.15) is 0 Å². The molecule has 2 unspecified atom stereocenters. The number of piperazine rings is 1. The highest BCUT2D eigenvalue weighted by molar-refractivity contribution is 6.06. The van der Waals surface area contributed by atoms with Crippen molar-refractivity contribution in [1.29, 1.82) is 0 Å². The maximum atomic E-state index is 14.0. The van der Waals surface area contributed by atoms with Crippen LogP contribution in [0.5, 0.6) is 0 Å². The zero-order valence-corrected chi connectivity index (χ0v) is 17.4. The maximum Gasteiger partial charge on any atom is 0.408 e. The number of carbonyl (C=O) groups excluding carboxylic acids is 1. The number of Topliss-reactive ketones (excluding diaryl/α,β-unsaturated/α-hetero) is 1. The van der Waals surface area contributed by atoms with E-state index < -0.39 is 34.6 Å². The third kappa shape index (κ3) is 3.34. The van der Waals surface area contributed by atoms with Crippen molar-refractivity contribution in [2.24, 2.45) is 10.8 Å². The van der Waals surface area contributed by atoms with E-state index in [1.165, 1.54) is 4.90 Å². The van der Waals surface area contributed by atoms with Gasteiger partial charge in [-0.25, -0.2) is 9.59 Å². The number of benzene rings is 1. The highest BCUT2D eigenvalue weighted by Crippen LogP contribution is 2.50. The molecule has 0 radical (unpaired) electrons. The SMILES string of the molecule is CC(C)(C)C1N(C(=O)O)CCN(C(=O)O)C1(C(=O)c1ccccc1)C(C)(C)C. The molecule has 1 aliphatic heterocycles. The first kappa shape index (κ1) is 21.7. The maximum absolute atomic E-state index is 14.0. The van der Waals surface area contributed by atoms with Crippen LogP contribution in [0.3, 0.4) is 0 Å². The van der Waals surface area contributed by atoms with E-state index >= 15 is 0 Å². The molecule has 1 heterocycles. The molecule has 2 N–H and O–H groups in total. The normalized spacial score (nSPS) is 23.4. The molecule has 1 aromatic rings. The average molecular weight is 390 g/mol. The quantitative estimate of drug-likeness (QED) is 0.743. The standard InChI is InChI=1S/C21H30N2O5/c1-19(2,3)16-21(20(4,5)6,15(24)14-10-8-7-9-11-14)23(18(27)28)13-12-22(16)17(25)26/h7-11,16H,12-13H2,1-6H3,(H,25,26)(H,27,28). The van der Waals surface area contributed by atoms with E-state index in [1.807, 2.05) is 20.8 Å². The van der Waals surface area contributed by atoms with Gasteiger partial charge in [0, 0.05) is 18.7 Å². The van der Waals surface area contributed by atoms with E-state index in [1.54, 1.807) is 51.1 Å². The molecule has 1 saturated heterocycles. The first-order chi connectivity index (χ1) is 12.8. The molecule has 1 aromatic carbocycles. The van der Waals surface area contributed by atoms with Gasteiger partial charge in [0.15, 0.2) is 5.78 Å². The summed E-state index contributed by atoms with van der Waals surface area (Å²) in [5, 5.41) is 19.9. The highest BCUT2D eigenvalue weighted by Gasteiger charge is 2.66. The zero-order valence-electron chi connectivity index (χ0n) is 17.4. The predicted octanol–water partition coefficient (Wildman–Crippen LogP) is 4.04. The summed E-state index contributed by atoms with van der Waals surface area (Å²) in [5.41, 5.74) is -2.78. The zero-order chi connectivity index (χ0) is 21.5. The lowest BCUT2D eigenvalue weighted by Gasteiger charge is -2.62. The van der Waals surface area contributed by atoms with E-state index in [0.29, 0.717) is 5.56 Å². The van der Waals surface area contributed by atoms with Gasteiger partial charge < -0.3 is 15.1 Å². The fraction of sp³-hybridized carbons (Fsp3) is 0.571. The fourth-order valence-electron chi connectivity index (χ4n) is 4.65. The van der Waals surface area contributed by atoms with Crippen LogP contribution in [-0.2, 0) is 0 Å². The van der Waals surface area contributed by atoms with Gasteiger partial charge in [-0.1, -0.05) is 71.9 Å². The van der Waals surface area contributed by atoms with Gasteiger partial charge in [0.05, 0.1) is 6.04 Å². The average Bonchev–Trinajstić information content (AvgIpc) is 2.58. The summed E-state index contributed by atoms with van der Waals surface area (Å²) in [6, 6.07) is 7.65. The van der Waals surface area contributed by atoms with Crippen LogP contribution in [0, 0.1) is 10.8 Å². The van der Waals surface area contributed by atoms with Crippen molar-refractivity contribution in [1.82, 2.24) is 9.80 Å². The van der Waals surface area contributed by atoms with Crippen LogP contribution >= 0.6 is 0 Å². The largest absolute Gasteiger partial charge is 0.465 e. The first-order valence-corrected chi connectivity index (χ1v) is 9.36. The summed E-state index contributed by atoms with van der Waals surface area (Å²) in [6.07, 6.45) is -2.38. The van der Waals surface area contributed by atoms with Crippen molar-refractivity contribution in [2.45, 2.75) is 53.1 Å². The summed E-state index contributed by atoms with van der Waals surface area (Å²) in [7, 11) is 0. The van der Waals surface area contributed by atoms with E-state index in [2.05, 4.69) is 0 Å². The number of ketones is 1. The Morgan fingerprint density at radius 2 is 1.46 bits per heavy atom. The highest BCUT2D eigenvalue weighted by atomic mass is 16.4. The number of carbonyl (C=O) groups is 3. The second-order valence-electron chi connectivity index (χ2n) is 9.39. The molecule has 0 spiro atoms. The molecule has 7 heteroatoms. The minimum absolute atomic E-state index is 0.0173. The Morgan fingerprint density at radius 1 is 0.929 bits per heavy atom. The lowest BCUT2D eigenvalue weighted by atomic mass is 9.57. The Morgan fingerprint density at radius 3 is 1.86 bits per heavy atom. The Hall–Kier alpha value is -2.57. The lowest BCUT2D eigenvalue weighted by molar-refractivity contribution is -0.0977. The molecule has 1 fully saturated rings. The molecule has 7 nitrogen and oxygen atoms in total. The molecular weight excluding hydrogens is 360 g/mol. The number of rotatable bonds is 2. The molecule has 1 aliphatic rings. The van der Waals surface area contributed by atoms with E-state index in [-0.39, 0.29) is 18.9 Å². The van der Waals surface area contributed by atoms with Crippen molar-refractivity contribution in [3.05, 3.63) is 35.9 Å². The number of carboxylic acid groups (broad SMARTS) is 2. The Labute approximate surface area is 165 Å². The Bertz CT molecular complexity index is 763. The van der Waals surface area contributed by atoms with Gasteiger partial charge in [-0.3, -0.25) is 9.69 Å². The third-order valence-electron chi connectivity index (χ3n) is 5.52. The van der Waals surface area contributed by atoms with Crippen LogP contribution in [-0.4, -0.2) is 62.7 Å². The summed E-state index contributed by atoms with van der Waals surface area (Å²) in [5.74, 6) is -0.381. The first-order valence-electron chi connectivity index (χ1n) is 9.36. The third-order valence-corrected chi connectivity index (χ3v) is 5.52. The van der Waals surface area contributed by atoms with Crippen molar-refractivity contribution < 1.29 is 24.6 Å². The van der Waals surface area contributed by atoms with Crippen molar-refractivity contribution >= 4 is 18.0 Å². The van der Waals surface area contributed by atoms with Crippen LogP contribution in [0.2, 0.25) is 0 Å². The van der Waals surface area contributed by atoms with Crippen molar-refractivity contribution in [3.8, 4) is 0 Å². The van der Waals surface area contributed by atoms with Crippen molar-refractivity contribution in [3.63, 3.8) is 0 Å². The van der Waals surface area contributed by atoms with E-state index in [4.69, 9.17) is 0 Å². The molecule has 154 valence electrons. The van der Waals surface area contributed by atoms with Gasteiger partial charge in [-0.05, 0) is 10.8 Å². The Kier molecular flexibility index (Phi) is 5.52. The molecule has 2 atom stereocenters. The minimum Gasteiger partial charge on any atom is -0.465 e. The summed E-state index contributed by atoms with van der Waals surface area (Å²) < 4.78 is 0. The second kappa shape index (κ2) is 7.11. The molecule has 0 saturated carbocycles.